The van der Waals surface area contributed by atoms with Crippen molar-refractivity contribution in [3.05, 3.63) is 29.8 Å². The van der Waals surface area contributed by atoms with Gasteiger partial charge >= 0.3 is 6.09 Å². The molecule has 1 aromatic carbocycles. The van der Waals surface area contributed by atoms with E-state index in [9.17, 15) is 4.79 Å². The molecule has 0 saturated heterocycles. The highest BCUT2D eigenvalue weighted by Crippen LogP contribution is 2.45. The third-order valence-electron chi connectivity index (χ3n) is 3.13. The van der Waals surface area contributed by atoms with Gasteiger partial charge in [-0.1, -0.05) is 12.1 Å². The minimum atomic E-state index is -0.472. The summed E-state index contributed by atoms with van der Waals surface area (Å²) in [6, 6.07) is 7.80. The zero-order valence-corrected chi connectivity index (χ0v) is 11.9. The van der Waals surface area contributed by atoms with Crippen molar-refractivity contribution in [1.82, 2.24) is 5.32 Å². The molecule has 4 heteroatoms. The number of rotatable bonds is 3. The fourth-order valence-electron chi connectivity index (χ4n) is 2.02. The zero-order valence-electron chi connectivity index (χ0n) is 11.9. The summed E-state index contributed by atoms with van der Waals surface area (Å²) in [5, 5.41) is 2.98. The van der Waals surface area contributed by atoms with E-state index in [1.54, 1.807) is 7.11 Å². The molecule has 0 radical (unpaired) electrons. The first-order valence-electron chi connectivity index (χ1n) is 6.50. The van der Waals surface area contributed by atoms with Gasteiger partial charge in [-0.15, -0.1) is 0 Å². The van der Waals surface area contributed by atoms with Gasteiger partial charge in [-0.2, -0.15) is 0 Å². The summed E-state index contributed by atoms with van der Waals surface area (Å²) in [7, 11) is 1.64. The molecule has 0 atom stereocenters. The number of amides is 1. The van der Waals surface area contributed by atoms with Gasteiger partial charge in [0.15, 0.2) is 0 Å². The predicted octanol–water partition coefficient (Wildman–Crippen LogP) is 3.21. The van der Waals surface area contributed by atoms with Crippen LogP contribution in [0.25, 0.3) is 0 Å². The number of methoxy groups -OCH3 is 1. The summed E-state index contributed by atoms with van der Waals surface area (Å²) in [5.74, 6) is 0.816. The molecule has 0 aliphatic heterocycles. The summed E-state index contributed by atoms with van der Waals surface area (Å²) in [6.07, 6.45) is 1.53. The van der Waals surface area contributed by atoms with Crippen LogP contribution in [-0.2, 0) is 10.3 Å². The Morgan fingerprint density at radius 1 is 1.21 bits per heavy atom. The lowest BCUT2D eigenvalue weighted by atomic mass is 10.1. The van der Waals surface area contributed by atoms with E-state index < -0.39 is 5.60 Å². The molecule has 19 heavy (non-hydrogen) atoms. The number of alkyl carbamates (subject to hydrolysis) is 1. The van der Waals surface area contributed by atoms with Crippen molar-refractivity contribution in [3.8, 4) is 5.75 Å². The van der Waals surface area contributed by atoms with E-state index in [1.807, 2.05) is 45.0 Å². The number of nitrogens with one attached hydrogen (secondary N) is 1. The lowest BCUT2D eigenvalue weighted by molar-refractivity contribution is 0.0495. The Kier molecular flexibility index (Phi) is 3.43. The Balaban J connectivity index is 2.04. The van der Waals surface area contributed by atoms with Crippen molar-refractivity contribution >= 4 is 6.09 Å². The summed E-state index contributed by atoms with van der Waals surface area (Å²) < 4.78 is 10.4. The molecular formula is C15H21NO3. The quantitative estimate of drug-likeness (QED) is 0.911. The molecule has 0 spiro atoms. The molecule has 0 unspecified atom stereocenters. The Morgan fingerprint density at radius 3 is 2.21 bits per heavy atom. The van der Waals surface area contributed by atoms with Gasteiger partial charge in [0.05, 0.1) is 12.6 Å². The van der Waals surface area contributed by atoms with Crippen molar-refractivity contribution in [2.75, 3.05) is 7.11 Å². The molecule has 1 aromatic rings. The van der Waals surface area contributed by atoms with Crippen LogP contribution in [-0.4, -0.2) is 18.8 Å². The Morgan fingerprint density at radius 2 is 1.79 bits per heavy atom. The van der Waals surface area contributed by atoms with Crippen LogP contribution in [0.1, 0.15) is 39.2 Å². The third kappa shape index (κ3) is 3.40. The van der Waals surface area contributed by atoms with Crippen molar-refractivity contribution in [3.63, 3.8) is 0 Å². The van der Waals surface area contributed by atoms with Gasteiger partial charge in [-0.3, -0.25) is 0 Å². The van der Waals surface area contributed by atoms with Gasteiger partial charge in [-0.05, 0) is 51.3 Å². The van der Waals surface area contributed by atoms with Crippen molar-refractivity contribution < 1.29 is 14.3 Å². The maximum absolute atomic E-state index is 11.9. The smallest absolute Gasteiger partial charge is 0.408 e. The lowest BCUT2D eigenvalue weighted by Gasteiger charge is -2.23. The largest absolute Gasteiger partial charge is 0.497 e. The van der Waals surface area contributed by atoms with Gasteiger partial charge in [0.25, 0.3) is 0 Å². The lowest BCUT2D eigenvalue weighted by Crippen LogP contribution is -2.39. The molecule has 0 heterocycles. The van der Waals surface area contributed by atoms with E-state index in [1.165, 1.54) is 0 Å². The van der Waals surface area contributed by atoms with Crippen LogP contribution in [0.3, 0.4) is 0 Å². The third-order valence-corrected chi connectivity index (χ3v) is 3.13. The van der Waals surface area contributed by atoms with Crippen LogP contribution in [0.5, 0.6) is 5.75 Å². The van der Waals surface area contributed by atoms with Crippen molar-refractivity contribution in [2.45, 2.75) is 44.8 Å². The fraction of sp³-hybridized carbons (Fsp3) is 0.533. The maximum atomic E-state index is 11.9. The van der Waals surface area contributed by atoms with E-state index in [2.05, 4.69) is 5.32 Å². The van der Waals surface area contributed by atoms with Crippen LogP contribution in [0.15, 0.2) is 24.3 Å². The summed E-state index contributed by atoms with van der Waals surface area (Å²) in [5.41, 5.74) is 0.369. The van der Waals surface area contributed by atoms with Gasteiger partial charge < -0.3 is 14.8 Å². The fourth-order valence-corrected chi connectivity index (χ4v) is 2.02. The van der Waals surface area contributed by atoms with Gasteiger partial charge in [0.1, 0.15) is 11.4 Å². The van der Waals surface area contributed by atoms with Crippen LogP contribution < -0.4 is 10.1 Å². The Bertz CT molecular complexity index is 455. The van der Waals surface area contributed by atoms with Crippen molar-refractivity contribution in [2.24, 2.45) is 0 Å². The SMILES string of the molecule is COc1ccc(C2(NC(=O)OC(C)(C)C)CC2)cc1. The maximum Gasteiger partial charge on any atom is 0.408 e. The molecule has 104 valence electrons. The average molecular weight is 263 g/mol. The highest BCUT2D eigenvalue weighted by atomic mass is 16.6. The van der Waals surface area contributed by atoms with E-state index >= 15 is 0 Å². The first-order chi connectivity index (χ1) is 8.85. The molecule has 1 fully saturated rings. The topological polar surface area (TPSA) is 47.6 Å². The molecule has 1 saturated carbocycles. The number of carbonyl (C=O) groups excluding carboxylic acids is 1. The molecule has 1 amide bonds. The monoisotopic (exact) mass is 263 g/mol. The highest BCUT2D eigenvalue weighted by molar-refractivity contribution is 5.70. The minimum absolute atomic E-state index is 0.255. The number of benzene rings is 1. The van der Waals surface area contributed by atoms with E-state index in [0.29, 0.717) is 0 Å². The number of hydrogen-bond donors (Lipinski definition) is 1. The predicted molar refractivity (Wildman–Crippen MR) is 73.3 cm³/mol. The molecule has 0 aromatic heterocycles. The molecule has 1 N–H and O–H groups in total. The summed E-state index contributed by atoms with van der Waals surface area (Å²) in [6.45, 7) is 5.58. The second-order valence-corrected chi connectivity index (χ2v) is 5.94. The second-order valence-electron chi connectivity index (χ2n) is 5.94. The summed E-state index contributed by atoms with van der Waals surface area (Å²) >= 11 is 0. The number of hydrogen-bond acceptors (Lipinski definition) is 3. The Hall–Kier alpha value is -1.71. The molecular weight excluding hydrogens is 242 g/mol. The first kappa shape index (κ1) is 13.7. The van der Waals surface area contributed by atoms with Crippen molar-refractivity contribution in [1.29, 1.82) is 0 Å². The molecule has 1 aliphatic rings. The number of ether oxygens (including phenoxy) is 2. The van der Waals surface area contributed by atoms with Crippen LogP contribution >= 0.6 is 0 Å². The second kappa shape index (κ2) is 4.76. The summed E-state index contributed by atoms with van der Waals surface area (Å²) in [4.78, 5) is 11.9. The van der Waals surface area contributed by atoms with E-state index in [0.717, 1.165) is 24.2 Å². The molecule has 1 aliphatic carbocycles. The molecule has 0 bridgehead atoms. The highest BCUT2D eigenvalue weighted by Gasteiger charge is 2.46. The van der Waals surface area contributed by atoms with Gasteiger partial charge in [0, 0.05) is 0 Å². The van der Waals surface area contributed by atoms with Gasteiger partial charge in [0.2, 0.25) is 0 Å². The van der Waals surface area contributed by atoms with Crippen LogP contribution in [0.4, 0.5) is 4.79 Å². The minimum Gasteiger partial charge on any atom is -0.497 e. The van der Waals surface area contributed by atoms with E-state index in [-0.39, 0.29) is 11.6 Å². The standard InChI is InChI=1S/C15H21NO3/c1-14(2,3)19-13(17)16-15(9-10-15)11-5-7-12(18-4)8-6-11/h5-8H,9-10H2,1-4H3,(H,16,17). The van der Waals surface area contributed by atoms with Gasteiger partial charge in [-0.25, -0.2) is 4.79 Å². The Labute approximate surface area is 114 Å². The normalized spacial score (nSPS) is 16.6. The number of carbonyl (C=O) groups is 1. The average Bonchev–Trinajstić information content (AvgIpc) is 3.07. The first-order valence-corrected chi connectivity index (χ1v) is 6.50. The van der Waals surface area contributed by atoms with Crippen LogP contribution in [0, 0.1) is 0 Å². The van der Waals surface area contributed by atoms with E-state index in [4.69, 9.17) is 9.47 Å². The molecule has 2 rings (SSSR count). The van der Waals surface area contributed by atoms with Crippen LogP contribution in [0.2, 0.25) is 0 Å². The zero-order chi connectivity index (χ0) is 14.1. The molecule has 4 nitrogen and oxygen atoms in total.